The predicted octanol–water partition coefficient (Wildman–Crippen LogP) is 4.20. The molecule has 1 saturated carbocycles. The predicted molar refractivity (Wildman–Crippen MR) is 121 cm³/mol. The molecule has 6 heteroatoms. The minimum Gasteiger partial charge on any atom is -0.496 e. The van der Waals surface area contributed by atoms with Gasteiger partial charge in [-0.15, -0.1) is 0 Å². The molecule has 0 bridgehead atoms. The summed E-state index contributed by atoms with van der Waals surface area (Å²) in [6.45, 7) is 5.92. The third kappa shape index (κ3) is 3.82. The van der Waals surface area contributed by atoms with Gasteiger partial charge >= 0.3 is 5.97 Å². The first-order valence-corrected chi connectivity index (χ1v) is 11.0. The molecule has 0 amide bonds. The van der Waals surface area contributed by atoms with Gasteiger partial charge in [-0.2, -0.15) is 0 Å². The number of benzene rings is 2. The van der Waals surface area contributed by atoms with Crippen LogP contribution in [0.2, 0.25) is 0 Å². The van der Waals surface area contributed by atoms with E-state index in [2.05, 4.69) is 33.8 Å². The molecule has 1 saturated heterocycles. The largest absolute Gasteiger partial charge is 0.496 e. The number of hydrogen-bond donors (Lipinski definition) is 2. The number of piperazine rings is 1. The molecule has 6 nitrogen and oxygen atoms in total. The molecule has 1 aliphatic carbocycles. The molecule has 3 aromatic rings. The molecule has 5 rings (SSSR count). The summed E-state index contributed by atoms with van der Waals surface area (Å²) >= 11 is 0. The van der Waals surface area contributed by atoms with Crippen molar-refractivity contribution >= 4 is 16.9 Å². The molecule has 162 valence electrons. The first-order valence-electron chi connectivity index (χ1n) is 11.0. The van der Waals surface area contributed by atoms with Crippen molar-refractivity contribution in [1.82, 2.24) is 14.8 Å². The molecule has 0 unspecified atom stereocenters. The van der Waals surface area contributed by atoms with Crippen molar-refractivity contribution in [2.45, 2.75) is 38.4 Å². The zero-order valence-corrected chi connectivity index (χ0v) is 18.1. The number of carbonyl (C=O) groups is 1. The van der Waals surface area contributed by atoms with Crippen LogP contribution >= 0.6 is 0 Å². The van der Waals surface area contributed by atoms with Crippen LogP contribution in [0.25, 0.3) is 10.9 Å². The Labute approximate surface area is 182 Å². The molecule has 1 aromatic heterocycles. The van der Waals surface area contributed by atoms with Crippen molar-refractivity contribution in [3.05, 3.63) is 64.8 Å². The number of aromatic amines is 1. The van der Waals surface area contributed by atoms with E-state index in [4.69, 9.17) is 4.74 Å². The maximum absolute atomic E-state index is 11.3. The summed E-state index contributed by atoms with van der Waals surface area (Å²) in [6.07, 6.45) is 4.58. The molecule has 0 spiro atoms. The molecule has 2 N–H and O–H groups in total. The van der Waals surface area contributed by atoms with Crippen LogP contribution in [-0.2, 0) is 6.54 Å². The van der Waals surface area contributed by atoms with E-state index in [1.807, 2.05) is 18.3 Å². The summed E-state index contributed by atoms with van der Waals surface area (Å²) in [7, 11) is 1.74. The lowest BCUT2D eigenvalue weighted by Crippen LogP contribution is -2.48. The Hall–Kier alpha value is -2.83. The van der Waals surface area contributed by atoms with Gasteiger partial charge in [0.25, 0.3) is 0 Å². The first kappa shape index (κ1) is 20.1. The lowest BCUT2D eigenvalue weighted by atomic mass is 9.98. The summed E-state index contributed by atoms with van der Waals surface area (Å²) in [4.78, 5) is 19.8. The summed E-state index contributed by atoms with van der Waals surface area (Å²) < 4.78 is 5.78. The first-order chi connectivity index (χ1) is 15.0. The highest BCUT2D eigenvalue weighted by Gasteiger charge is 2.36. The summed E-state index contributed by atoms with van der Waals surface area (Å²) in [5.74, 6) is 0.0418. The van der Waals surface area contributed by atoms with E-state index in [1.54, 1.807) is 19.2 Å². The van der Waals surface area contributed by atoms with Crippen LogP contribution in [0.3, 0.4) is 0 Å². The zero-order chi connectivity index (χ0) is 21.5. The van der Waals surface area contributed by atoms with Crippen LogP contribution in [0.1, 0.15) is 45.9 Å². The van der Waals surface area contributed by atoms with E-state index in [9.17, 15) is 9.90 Å². The Balaban J connectivity index is 1.49. The van der Waals surface area contributed by atoms with Crippen LogP contribution in [0.4, 0.5) is 0 Å². The molecule has 2 aliphatic rings. The van der Waals surface area contributed by atoms with Gasteiger partial charge in [0.05, 0.1) is 12.7 Å². The number of nitrogens with one attached hydrogen (secondary N) is 1. The van der Waals surface area contributed by atoms with Gasteiger partial charge < -0.3 is 14.8 Å². The minimum atomic E-state index is -0.883. The fourth-order valence-electron chi connectivity index (χ4n) is 4.95. The number of carboxylic acid groups (broad SMARTS) is 1. The van der Waals surface area contributed by atoms with Crippen LogP contribution in [0, 0.1) is 6.92 Å². The SMILES string of the molecule is COc1cc(C)c2[nH]ccc2c1CN1CCN(C2CC2)C[C@H]1c1ccc(C(=O)O)cc1. The highest BCUT2D eigenvalue weighted by atomic mass is 16.5. The van der Waals surface area contributed by atoms with Gasteiger partial charge in [0, 0.05) is 60.9 Å². The average molecular weight is 420 g/mol. The Morgan fingerprint density at radius 3 is 2.65 bits per heavy atom. The molecule has 0 radical (unpaired) electrons. The number of rotatable bonds is 6. The van der Waals surface area contributed by atoms with Crippen molar-refractivity contribution in [1.29, 1.82) is 0 Å². The second-order valence-electron chi connectivity index (χ2n) is 8.78. The molecule has 2 aromatic carbocycles. The normalized spacial score (nSPS) is 20.3. The average Bonchev–Trinajstić information content (AvgIpc) is 3.51. The fraction of sp³-hybridized carbons (Fsp3) is 0.400. The Morgan fingerprint density at radius 2 is 1.97 bits per heavy atom. The number of fused-ring (bicyclic) bond motifs is 1. The number of H-pyrrole nitrogens is 1. The van der Waals surface area contributed by atoms with Crippen molar-refractivity contribution in [2.75, 3.05) is 26.7 Å². The number of aromatic carboxylic acids is 1. The van der Waals surface area contributed by atoms with Gasteiger partial charge in [0.2, 0.25) is 0 Å². The minimum absolute atomic E-state index is 0.220. The fourth-order valence-corrected chi connectivity index (χ4v) is 4.95. The van der Waals surface area contributed by atoms with E-state index < -0.39 is 5.97 Å². The summed E-state index contributed by atoms with van der Waals surface area (Å²) in [6, 6.07) is 12.6. The van der Waals surface area contributed by atoms with Gasteiger partial charge in [-0.25, -0.2) is 4.79 Å². The number of ether oxygens (including phenoxy) is 1. The number of carboxylic acids is 1. The zero-order valence-electron chi connectivity index (χ0n) is 18.1. The van der Waals surface area contributed by atoms with Crippen molar-refractivity contribution < 1.29 is 14.6 Å². The maximum atomic E-state index is 11.3. The van der Waals surface area contributed by atoms with E-state index in [1.165, 1.54) is 34.9 Å². The third-order valence-corrected chi connectivity index (χ3v) is 6.82. The van der Waals surface area contributed by atoms with Crippen molar-refractivity contribution in [3.63, 3.8) is 0 Å². The molecule has 2 heterocycles. The molecular formula is C25H29N3O3. The van der Waals surface area contributed by atoms with Crippen LogP contribution in [0.5, 0.6) is 5.75 Å². The summed E-state index contributed by atoms with van der Waals surface area (Å²) in [5, 5.41) is 10.5. The van der Waals surface area contributed by atoms with Gasteiger partial charge in [-0.3, -0.25) is 9.80 Å². The quantitative estimate of drug-likeness (QED) is 0.627. The van der Waals surface area contributed by atoms with Crippen LogP contribution in [-0.4, -0.2) is 58.6 Å². The lowest BCUT2D eigenvalue weighted by Gasteiger charge is -2.42. The Bertz CT molecular complexity index is 1100. The Morgan fingerprint density at radius 1 is 1.19 bits per heavy atom. The number of nitrogens with zero attached hydrogens (tertiary/aromatic N) is 2. The lowest BCUT2D eigenvalue weighted by molar-refractivity contribution is 0.0630. The van der Waals surface area contributed by atoms with Gasteiger partial charge in [-0.1, -0.05) is 12.1 Å². The van der Waals surface area contributed by atoms with Crippen LogP contribution in [0.15, 0.2) is 42.6 Å². The van der Waals surface area contributed by atoms with E-state index >= 15 is 0 Å². The number of hydrogen-bond acceptors (Lipinski definition) is 4. The molecule has 2 fully saturated rings. The maximum Gasteiger partial charge on any atom is 0.335 e. The van der Waals surface area contributed by atoms with Crippen molar-refractivity contribution in [2.24, 2.45) is 0 Å². The topological polar surface area (TPSA) is 68.8 Å². The van der Waals surface area contributed by atoms with Crippen LogP contribution < -0.4 is 4.74 Å². The summed E-state index contributed by atoms with van der Waals surface area (Å²) in [5.41, 5.74) is 5.05. The third-order valence-electron chi connectivity index (χ3n) is 6.82. The molecule has 1 aliphatic heterocycles. The van der Waals surface area contributed by atoms with Gasteiger partial charge in [-0.05, 0) is 55.2 Å². The molecule has 1 atom stereocenters. The smallest absolute Gasteiger partial charge is 0.335 e. The highest BCUT2D eigenvalue weighted by Crippen LogP contribution is 2.37. The van der Waals surface area contributed by atoms with Gasteiger partial charge in [0.15, 0.2) is 0 Å². The number of methoxy groups -OCH3 is 1. The number of aromatic nitrogens is 1. The second kappa shape index (κ2) is 8.02. The van der Waals surface area contributed by atoms with E-state index in [0.717, 1.165) is 37.4 Å². The van der Waals surface area contributed by atoms with Gasteiger partial charge in [0.1, 0.15) is 5.75 Å². The van der Waals surface area contributed by atoms with E-state index in [0.29, 0.717) is 11.6 Å². The molecular weight excluding hydrogens is 390 g/mol. The monoisotopic (exact) mass is 419 g/mol. The highest BCUT2D eigenvalue weighted by molar-refractivity contribution is 5.88. The Kier molecular flexibility index (Phi) is 5.20. The van der Waals surface area contributed by atoms with E-state index in [-0.39, 0.29) is 6.04 Å². The molecule has 31 heavy (non-hydrogen) atoms. The van der Waals surface area contributed by atoms with Crippen molar-refractivity contribution in [3.8, 4) is 5.75 Å². The standard InChI is InChI=1S/C25H29N3O3/c1-16-13-23(31-2)21(20-9-10-26-24(16)20)14-28-12-11-27(19-7-8-19)15-22(28)17-3-5-18(6-4-17)25(29)30/h3-6,9-10,13,19,22,26H,7-8,11-12,14-15H2,1-2H3,(H,29,30)/t22-/m0/s1. The number of aryl methyl sites for hydroxylation is 1. The second-order valence-corrected chi connectivity index (χ2v) is 8.78.